The van der Waals surface area contributed by atoms with Crippen molar-refractivity contribution in [2.45, 2.75) is 19.9 Å². The third kappa shape index (κ3) is 3.18. The summed E-state index contributed by atoms with van der Waals surface area (Å²) >= 11 is 0. The van der Waals surface area contributed by atoms with Gasteiger partial charge in [0.2, 0.25) is 5.89 Å². The molecule has 1 heterocycles. The topological polar surface area (TPSA) is 81.2 Å². The summed E-state index contributed by atoms with van der Waals surface area (Å²) in [6.07, 6.45) is 2.43. The second-order valence-electron chi connectivity index (χ2n) is 4.24. The zero-order valence-electron chi connectivity index (χ0n) is 10.9. The molecule has 1 aromatic carbocycles. The van der Waals surface area contributed by atoms with E-state index in [1.54, 1.807) is 0 Å². The summed E-state index contributed by atoms with van der Waals surface area (Å²) in [5, 5.41) is 14.1. The van der Waals surface area contributed by atoms with Gasteiger partial charge in [0.25, 0.3) is 5.69 Å². The van der Waals surface area contributed by atoms with Crippen LogP contribution in [0.5, 0.6) is 0 Å². The van der Waals surface area contributed by atoms with Gasteiger partial charge in [0, 0.05) is 6.54 Å². The zero-order chi connectivity index (χ0) is 14.5. The maximum Gasteiger partial charge on any atom is 0.284 e. The summed E-state index contributed by atoms with van der Waals surface area (Å²) in [7, 11) is 0. The van der Waals surface area contributed by atoms with Gasteiger partial charge in [0.15, 0.2) is 0 Å². The van der Waals surface area contributed by atoms with Gasteiger partial charge in [0.1, 0.15) is 17.6 Å². The van der Waals surface area contributed by atoms with Crippen molar-refractivity contribution in [2.24, 2.45) is 0 Å². The molecular weight excluding hydrogens is 265 g/mol. The SMILES string of the molecule is CCCNCc1coc(-c2ccc(F)cc2[N+](=O)[O-])n1. The van der Waals surface area contributed by atoms with Crippen LogP contribution in [0.4, 0.5) is 10.1 Å². The quantitative estimate of drug-likeness (QED) is 0.499. The monoisotopic (exact) mass is 279 g/mol. The molecule has 0 atom stereocenters. The molecule has 0 fully saturated rings. The molecule has 0 aliphatic carbocycles. The molecule has 0 aliphatic rings. The van der Waals surface area contributed by atoms with Crippen LogP contribution in [0.3, 0.4) is 0 Å². The molecule has 20 heavy (non-hydrogen) atoms. The number of benzene rings is 1. The lowest BCUT2D eigenvalue weighted by molar-refractivity contribution is -0.384. The van der Waals surface area contributed by atoms with Crippen molar-refractivity contribution in [3.8, 4) is 11.5 Å². The third-order valence-electron chi connectivity index (χ3n) is 2.67. The maximum atomic E-state index is 13.1. The van der Waals surface area contributed by atoms with Crippen LogP contribution in [-0.4, -0.2) is 16.5 Å². The molecule has 1 aromatic heterocycles. The molecule has 0 spiro atoms. The van der Waals surface area contributed by atoms with E-state index in [0.29, 0.717) is 12.2 Å². The Morgan fingerprint density at radius 3 is 3.00 bits per heavy atom. The number of hydrogen-bond acceptors (Lipinski definition) is 5. The van der Waals surface area contributed by atoms with Crippen LogP contribution in [0, 0.1) is 15.9 Å². The highest BCUT2D eigenvalue weighted by atomic mass is 19.1. The first-order valence-electron chi connectivity index (χ1n) is 6.21. The smallest absolute Gasteiger partial charge is 0.284 e. The highest BCUT2D eigenvalue weighted by Gasteiger charge is 2.20. The summed E-state index contributed by atoms with van der Waals surface area (Å²) in [5.41, 5.74) is 0.449. The lowest BCUT2D eigenvalue weighted by Gasteiger charge is -1.99. The first kappa shape index (κ1) is 14.1. The molecule has 7 heteroatoms. The van der Waals surface area contributed by atoms with Crippen LogP contribution in [0.15, 0.2) is 28.9 Å². The van der Waals surface area contributed by atoms with E-state index >= 15 is 0 Å². The Kier molecular flexibility index (Phi) is 4.41. The Bertz CT molecular complexity index is 613. The van der Waals surface area contributed by atoms with E-state index in [2.05, 4.69) is 10.3 Å². The van der Waals surface area contributed by atoms with Crippen LogP contribution < -0.4 is 5.32 Å². The van der Waals surface area contributed by atoms with E-state index in [1.165, 1.54) is 12.3 Å². The molecule has 0 amide bonds. The lowest BCUT2D eigenvalue weighted by atomic mass is 10.2. The van der Waals surface area contributed by atoms with Gasteiger partial charge in [-0.3, -0.25) is 10.1 Å². The number of nitrogens with zero attached hydrogens (tertiary/aromatic N) is 2. The van der Waals surface area contributed by atoms with Gasteiger partial charge in [-0.1, -0.05) is 6.92 Å². The van der Waals surface area contributed by atoms with E-state index in [4.69, 9.17) is 4.42 Å². The van der Waals surface area contributed by atoms with Crippen LogP contribution >= 0.6 is 0 Å². The highest BCUT2D eigenvalue weighted by molar-refractivity contribution is 5.66. The summed E-state index contributed by atoms with van der Waals surface area (Å²) in [4.78, 5) is 14.4. The van der Waals surface area contributed by atoms with Gasteiger partial charge < -0.3 is 9.73 Å². The fraction of sp³-hybridized carbons (Fsp3) is 0.308. The number of hydrogen-bond donors (Lipinski definition) is 1. The van der Waals surface area contributed by atoms with Crippen molar-refractivity contribution in [2.75, 3.05) is 6.54 Å². The van der Waals surface area contributed by atoms with E-state index in [9.17, 15) is 14.5 Å². The Balaban J connectivity index is 2.25. The summed E-state index contributed by atoms with van der Waals surface area (Å²) in [6, 6.07) is 3.29. The fourth-order valence-electron chi connectivity index (χ4n) is 1.74. The van der Waals surface area contributed by atoms with Crippen LogP contribution in [0.25, 0.3) is 11.5 Å². The molecule has 0 aliphatic heterocycles. The highest BCUT2D eigenvalue weighted by Crippen LogP contribution is 2.29. The van der Waals surface area contributed by atoms with Crippen molar-refractivity contribution in [1.29, 1.82) is 0 Å². The van der Waals surface area contributed by atoms with Crippen LogP contribution in [-0.2, 0) is 6.54 Å². The maximum absolute atomic E-state index is 13.1. The van der Waals surface area contributed by atoms with Gasteiger partial charge >= 0.3 is 0 Å². The largest absolute Gasteiger partial charge is 0.444 e. The molecule has 0 saturated heterocycles. The second kappa shape index (κ2) is 6.25. The number of rotatable bonds is 6. The molecule has 1 N–H and O–H groups in total. The van der Waals surface area contributed by atoms with Gasteiger partial charge in [0.05, 0.1) is 16.7 Å². The molecule has 6 nitrogen and oxygen atoms in total. The molecule has 0 unspecified atom stereocenters. The Hall–Kier alpha value is -2.28. The minimum atomic E-state index is -0.670. The number of halogens is 1. The van der Waals surface area contributed by atoms with Crippen LogP contribution in [0.2, 0.25) is 0 Å². The minimum absolute atomic E-state index is 0.116. The summed E-state index contributed by atoms with van der Waals surface area (Å²) in [5.74, 6) is -0.554. The van der Waals surface area contributed by atoms with E-state index in [0.717, 1.165) is 25.1 Å². The number of aromatic nitrogens is 1. The molecule has 0 radical (unpaired) electrons. The third-order valence-corrected chi connectivity index (χ3v) is 2.67. The molecule has 2 aromatic rings. The average molecular weight is 279 g/mol. The molecular formula is C13H14FN3O3. The predicted molar refractivity (Wildman–Crippen MR) is 70.5 cm³/mol. The Morgan fingerprint density at radius 2 is 2.30 bits per heavy atom. The Morgan fingerprint density at radius 1 is 1.50 bits per heavy atom. The summed E-state index contributed by atoms with van der Waals surface area (Å²) < 4.78 is 18.3. The zero-order valence-corrected chi connectivity index (χ0v) is 10.9. The summed E-state index contributed by atoms with van der Waals surface area (Å²) in [6.45, 7) is 3.41. The number of nitro benzene ring substituents is 1. The molecule has 0 saturated carbocycles. The van der Waals surface area contributed by atoms with Crippen molar-refractivity contribution in [3.63, 3.8) is 0 Å². The van der Waals surface area contributed by atoms with Crippen LogP contribution in [0.1, 0.15) is 19.0 Å². The van der Waals surface area contributed by atoms with Crippen molar-refractivity contribution >= 4 is 5.69 Å². The van der Waals surface area contributed by atoms with Gasteiger partial charge in [-0.2, -0.15) is 0 Å². The van der Waals surface area contributed by atoms with Crippen molar-refractivity contribution < 1.29 is 13.7 Å². The Labute approximate surface area is 114 Å². The lowest BCUT2D eigenvalue weighted by Crippen LogP contribution is -2.13. The molecule has 106 valence electrons. The van der Waals surface area contributed by atoms with E-state index in [1.807, 2.05) is 6.92 Å². The van der Waals surface area contributed by atoms with Crippen molar-refractivity contribution in [3.05, 3.63) is 46.1 Å². The van der Waals surface area contributed by atoms with E-state index < -0.39 is 10.7 Å². The van der Waals surface area contributed by atoms with E-state index in [-0.39, 0.29) is 17.1 Å². The van der Waals surface area contributed by atoms with Crippen molar-refractivity contribution in [1.82, 2.24) is 10.3 Å². The first-order chi connectivity index (χ1) is 9.61. The normalized spacial score (nSPS) is 10.7. The number of oxazole rings is 1. The second-order valence-corrected chi connectivity index (χ2v) is 4.24. The van der Waals surface area contributed by atoms with Gasteiger partial charge in [-0.15, -0.1) is 0 Å². The molecule has 2 rings (SSSR count). The average Bonchev–Trinajstić information content (AvgIpc) is 2.87. The number of nitro groups is 1. The first-order valence-corrected chi connectivity index (χ1v) is 6.21. The van der Waals surface area contributed by atoms with Gasteiger partial charge in [-0.05, 0) is 25.1 Å². The minimum Gasteiger partial charge on any atom is -0.444 e. The standard InChI is InChI=1S/C13H14FN3O3/c1-2-5-15-7-10-8-20-13(16-10)11-4-3-9(14)6-12(11)17(18)19/h3-4,6,8,15H,2,5,7H2,1H3. The fourth-order valence-corrected chi connectivity index (χ4v) is 1.74. The predicted octanol–water partition coefficient (Wildman–Crippen LogP) is 2.89. The molecule has 0 bridgehead atoms. The number of nitrogens with one attached hydrogen (secondary N) is 1. The van der Waals surface area contributed by atoms with Gasteiger partial charge in [-0.25, -0.2) is 9.37 Å².